The minimum atomic E-state index is -1.26. The van der Waals surface area contributed by atoms with Gasteiger partial charge in [-0.05, 0) is 6.42 Å². The summed E-state index contributed by atoms with van der Waals surface area (Å²) < 4.78 is 4.42. The van der Waals surface area contributed by atoms with Gasteiger partial charge in [-0.2, -0.15) is 0 Å². The summed E-state index contributed by atoms with van der Waals surface area (Å²) in [6.45, 7) is 2.47. The van der Waals surface area contributed by atoms with Gasteiger partial charge in [0.2, 0.25) is 0 Å². The Kier molecular flexibility index (Phi) is 11.3. The van der Waals surface area contributed by atoms with E-state index in [1.165, 1.54) is 0 Å². The summed E-state index contributed by atoms with van der Waals surface area (Å²) in [7, 11) is 0. The van der Waals surface area contributed by atoms with Crippen molar-refractivity contribution in [2.45, 2.75) is 19.8 Å². The van der Waals surface area contributed by atoms with Gasteiger partial charge in [-0.25, -0.2) is 14.4 Å². The molecule has 16 heavy (non-hydrogen) atoms. The molecule has 0 bridgehead atoms. The van der Waals surface area contributed by atoms with E-state index >= 15 is 0 Å². The number of nitrogens with two attached hydrogens (primary N) is 1. The minimum Gasteiger partial charge on any atom is -0.478 e. The number of carbonyl (C=O) groups excluding carboxylic acids is 1. The van der Waals surface area contributed by atoms with Crippen LogP contribution in [0.1, 0.15) is 19.8 Å². The average Bonchev–Trinajstić information content (AvgIpc) is 2.16. The van der Waals surface area contributed by atoms with Crippen LogP contribution in [-0.4, -0.2) is 34.9 Å². The fourth-order valence-corrected chi connectivity index (χ4v) is 0.460. The van der Waals surface area contributed by atoms with E-state index in [0.717, 1.165) is 12.8 Å². The largest absolute Gasteiger partial charge is 0.478 e. The lowest BCUT2D eigenvalue weighted by Crippen LogP contribution is -2.13. The second-order valence-corrected chi connectivity index (χ2v) is 2.53. The van der Waals surface area contributed by atoms with Gasteiger partial charge >= 0.3 is 18.0 Å². The summed E-state index contributed by atoms with van der Waals surface area (Å²) in [5, 5.41) is 15.6. The summed E-state index contributed by atoms with van der Waals surface area (Å²) in [5.41, 5.74) is 4.67. The fourth-order valence-electron chi connectivity index (χ4n) is 0.460. The van der Waals surface area contributed by atoms with Crippen LogP contribution in [0.2, 0.25) is 0 Å². The van der Waals surface area contributed by atoms with Crippen LogP contribution in [0.4, 0.5) is 4.79 Å². The maximum Gasteiger partial charge on any atom is 0.404 e. The fraction of sp³-hybridized carbons (Fsp3) is 0.444. The standard InChI is InChI=1S/C5H11NO2.C4H4O4/c1-2-3-4-8-5(6)7;5-3(6)1-2-4(7)8/h2-4H2,1H3,(H2,6,7);1-2H,(H,5,6)(H,7,8)/b;2-1+. The van der Waals surface area contributed by atoms with Crippen LogP contribution in [-0.2, 0) is 14.3 Å². The van der Waals surface area contributed by atoms with Crippen molar-refractivity contribution in [3.8, 4) is 0 Å². The normalized spacial score (nSPS) is 9.06. The number of hydrogen-bond donors (Lipinski definition) is 3. The van der Waals surface area contributed by atoms with Crippen LogP contribution < -0.4 is 5.73 Å². The van der Waals surface area contributed by atoms with Gasteiger partial charge in [0.25, 0.3) is 0 Å². The second kappa shape index (κ2) is 11.0. The number of amides is 1. The van der Waals surface area contributed by atoms with Crippen molar-refractivity contribution in [3.05, 3.63) is 12.2 Å². The van der Waals surface area contributed by atoms with Gasteiger partial charge in [-0.15, -0.1) is 0 Å². The van der Waals surface area contributed by atoms with E-state index in [4.69, 9.17) is 10.2 Å². The highest BCUT2D eigenvalue weighted by molar-refractivity contribution is 5.89. The molecule has 0 saturated heterocycles. The summed E-state index contributed by atoms with van der Waals surface area (Å²) in [6.07, 6.45) is 2.35. The van der Waals surface area contributed by atoms with Crippen molar-refractivity contribution in [1.82, 2.24) is 0 Å². The molecule has 0 spiro atoms. The molecule has 0 aromatic heterocycles. The van der Waals surface area contributed by atoms with Crippen LogP contribution in [0, 0.1) is 0 Å². The van der Waals surface area contributed by atoms with E-state index in [2.05, 4.69) is 10.5 Å². The molecule has 0 fully saturated rings. The van der Waals surface area contributed by atoms with E-state index in [-0.39, 0.29) is 0 Å². The van der Waals surface area contributed by atoms with Gasteiger partial charge in [0.1, 0.15) is 0 Å². The van der Waals surface area contributed by atoms with Gasteiger partial charge in [-0.3, -0.25) is 0 Å². The van der Waals surface area contributed by atoms with Crippen molar-refractivity contribution in [1.29, 1.82) is 0 Å². The van der Waals surface area contributed by atoms with E-state index in [9.17, 15) is 14.4 Å². The number of carbonyl (C=O) groups is 3. The molecule has 4 N–H and O–H groups in total. The topological polar surface area (TPSA) is 127 Å². The van der Waals surface area contributed by atoms with E-state index in [1.54, 1.807) is 0 Å². The highest BCUT2D eigenvalue weighted by Gasteiger charge is 1.89. The molecular weight excluding hydrogens is 218 g/mol. The molecule has 0 aliphatic rings. The Morgan fingerprint density at radius 2 is 1.62 bits per heavy atom. The zero-order valence-electron chi connectivity index (χ0n) is 8.88. The van der Waals surface area contributed by atoms with E-state index < -0.39 is 18.0 Å². The first kappa shape index (κ1) is 16.4. The van der Waals surface area contributed by atoms with Crippen LogP contribution in [0.25, 0.3) is 0 Å². The maximum atomic E-state index is 9.87. The summed E-state index contributed by atoms with van der Waals surface area (Å²) in [5.74, 6) is -2.51. The first-order chi connectivity index (χ1) is 7.40. The summed E-state index contributed by atoms with van der Waals surface area (Å²) >= 11 is 0. The number of carboxylic acid groups (broad SMARTS) is 2. The highest BCUT2D eigenvalue weighted by Crippen LogP contribution is 1.85. The number of unbranched alkanes of at least 4 members (excludes halogenated alkanes) is 1. The van der Waals surface area contributed by atoms with Gasteiger partial charge < -0.3 is 20.7 Å². The van der Waals surface area contributed by atoms with E-state index in [0.29, 0.717) is 18.8 Å². The molecule has 0 heterocycles. The summed E-state index contributed by atoms with van der Waals surface area (Å²) in [4.78, 5) is 29.0. The smallest absolute Gasteiger partial charge is 0.404 e. The molecule has 0 radical (unpaired) electrons. The quantitative estimate of drug-likeness (QED) is 0.471. The van der Waals surface area contributed by atoms with Crippen LogP contribution >= 0.6 is 0 Å². The monoisotopic (exact) mass is 233 g/mol. The van der Waals surface area contributed by atoms with Crippen LogP contribution in [0.15, 0.2) is 12.2 Å². The molecule has 0 aliphatic carbocycles. The lowest BCUT2D eigenvalue weighted by molar-refractivity contribution is -0.134. The zero-order valence-corrected chi connectivity index (χ0v) is 8.88. The lowest BCUT2D eigenvalue weighted by atomic mass is 10.4. The molecule has 0 unspecified atom stereocenters. The third kappa shape index (κ3) is 22.7. The van der Waals surface area contributed by atoms with Crippen LogP contribution in [0.5, 0.6) is 0 Å². The Hall–Kier alpha value is -2.05. The Morgan fingerprint density at radius 1 is 1.19 bits per heavy atom. The molecule has 0 aromatic carbocycles. The SMILES string of the molecule is CCCCOC(N)=O.O=C(O)/C=C/C(=O)O. The Labute approximate surface area is 92.5 Å². The number of primary amides is 1. The zero-order chi connectivity index (χ0) is 13.0. The minimum absolute atomic E-state index is 0.450. The van der Waals surface area contributed by atoms with Gasteiger partial charge in [-0.1, -0.05) is 13.3 Å². The number of carboxylic acids is 2. The lowest BCUT2D eigenvalue weighted by Gasteiger charge is -1.95. The van der Waals surface area contributed by atoms with Gasteiger partial charge in [0, 0.05) is 12.2 Å². The molecular formula is C9H15NO6. The second-order valence-electron chi connectivity index (χ2n) is 2.53. The Morgan fingerprint density at radius 3 is 1.88 bits per heavy atom. The van der Waals surface area contributed by atoms with E-state index in [1.807, 2.05) is 6.92 Å². The molecule has 0 atom stereocenters. The average molecular weight is 233 g/mol. The molecule has 0 aliphatic heterocycles. The highest BCUT2D eigenvalue weighted by atomic mass is 16.5. The molecule has 0 rings (SSSR count). The third-order valence-corrected chi connectivity index (χ3v) is 1.11. The molecule has 0 saturated carbocycles. The third-order valence-electron chi connectivity index (χ3n) is 1.11. The Bertz CT molecular complexity index is 245. The number of aliphatic carboxylic acids is 2. The summed E-state index contributed by atoms with van der Waals surface area (Å²) in [6, 6.07) is 0. The molecule has 7 heteroatoms. The van der Waals surface area contributed by atoms with Crippen molar-refractivity contribution in [2.24, 2.45) is 5.73 Å². The first-order valence-electron chi connectivity index (χ1n) is 4.46. The van der Waals surface area contributed by atoms with Gasteiger partial charge in [0.15, 0.2) is 0 Å². The molecule has 0 aromatic rings. The number of ether oxygens (including phenoxy) is 1. The first-order valence-corrected chi connectivity index (χ1v) is 4.46. The van der Waals surface area contributed by atoms with Crippen molar-refractivity contribution in [2.75, 3.05) is 6.61 Å². The number of hydrogen-bond acceptors (Lipinski definition) is 4. The molecule has 7 nitrogen and oxygen atoms in total. The number of rotatable bonds is 5. The predicted octanol–water partition coefficient (Wildman–Crippen LogP) is 0.594. The van der Waals surface area contributed by atoms with Crippen molar-refractivity contribution < 1.29 is 29.3 Å². The Balaban J connectivity index is 0. The molecule has 92 valence electrons. The predicted molar refractivity (Wildman–Crippen MR) is 54.9 cm³/mol. The van der Waals surface area contributed by atoms with Gasteiger partial charge in [0.05, 0.1) is 6.61 Å². The van der Waals surface area contributed by atoms with Crippen LogP contribution in [0.3, 0.4) is 0 Å². The maximum absolute atomic E-state index is 9.87. The van der Waals surface area contributed by atoms with Crippen molar-refractivity contribution >= 4 is 18.0 Å². The van der Waals surface area contributed by atoms with Crippen molar-refractivity contribution in [3.63, 3.8) is 0 Å². The molecule has 1 amide bonds.